The molecule has 3 heterocycles. The molecule has 0 aliphatic carbocycles. The highest BCUT2D eigenvalue weighted by Crippen LogP contribution is 2.42. The van der Waals surface area contributed by atoms with Gasteiger partial charge in [0.05, 0.1) is 0 Å². The van der Waals surface area contributed by atoms with Crippen LogP contribution < -0.4 is 0 Å². The maximum atomic E-state index is 13.5. The van der Waals surface area contributed by atoms with Gasteiger partial charge in [-0.1, -0.05) is 10.3 Å². The third kappa shape index (κ3) is 2.82. The number of nitrogens with zero attached hydrogens (tertiary/aromatic N) is 4. The Hall–Kier alpha value is -2.20. The molecule has 10 heteroatoms. The summed E-state index contributed by atoms with van der Waals surface area (Å²) in [7, 11) is 0. The van der Waals surface area contributed by atoms with Crippen molar-refractivity contribution in [1.29, 1.82) is 0 Å². The first-order chi connectivity index (χ1) is 12.6. The topological polar surface area (TPSA) is 124 Å². The zero-order valence-corrected chi connectivity index (χ0v) is 14.5. The molecule has 144 valence electrons. The molecule has 2 unspecified atom stereocenters. The lowest BCUT2D eigenvalue weighted by Gasteiger charge is -2.54. The number of piperazine rings is 1. The molecule has 2 amide bonds. The molecular formula is C16H24N4O6. The Labute approximate surface area is 151 Å². The summed E-state index contributed by atoms with van der Waals surface area (Å²) in [6, 6.07) is 0. The Balaban J connectivity index is 2.04. The van der Waals surface area contributed by atoms with Crippen LogP contribution in [0, 0.1) is 0 Å². The van der Waals surface area contributed by atoms with Gasteiger partial charge < -0.3 is 19.9 Å². The van der Waals surface area contributed by atoms with Crippen molar-refractivity contribution in [1.82, 2.24) is 9.80 Å². The van der Waals surface area contributed by atoms with Crippen LogP contribution in [-0.4, -0.2) is 82.0 Å². The fourth-order valence-electron chi connectivity index (χ4n) is 3.63. The van der Waals surface area contributed by atoms with E-state index in [-0.39, 0.29) is 39.1 Å². The first kappa shape index (κ1) is 18.6. The van der Waals surface area contributed by atoms with Crippen LogP contribution in [0.1, 0.15) is 38.5 Å². The van der Waals surface area contributed by atoms with Crippen molar-refractivity contribution in [3.8, 4) is 0 Å². The monoisotopic (exact) mass is 368 g/mol. The van der Waals surface area contributed by atoms with Gasteiger partial charge in [0.2, 0.25) is 0 Å². The van der Waals surface area contributed by atoms with Gasteiger partial charge in [-0.25, -0.2) is 0 Å². The van der Waals surface area contributed by atoms with Gasteiger partial charge in [0.1, 0.15) is 0 Å². The second-order valence-corrected chi connectivity index (χ2v) is 6.47. The van der Waals surface area contributed by atoms with Gasteiger partial charge in [0.15, 0.2) is 0 Å². The van der Waals surface area contributed by atoms with Gasteiger partial charge in [0.25, 0.3) is 23.3 Å². The number of rotatable bonds is 6. The number of aliphatic hydroxyl groups is 2. The summed E-state index contributed by atoms with van der Waals surface area (Å²) < 4.78 is 0. The molecule has 0 radical (unpaired) electrons. The lowest BCUT2D eigenvalue weighted by Crippen LogP contribution is -2.78. The molecule has 26 heavy (non-hydrogen) atoms. The van der Waals surface area contributed by atoms with Crippen LogP contribution in [-0.2, 0) is 19.3 Å². The van der Waals surface area contributed by atoms with Crippen LogP contribution in [0.3, 0.4) is 0 Å². The maximum Gasteiger partial charge on any atom is 0.294 e. The zero-order valence-electron chi connectivity index (χ0n) is 14.5. The molecule has 0 saturated carbocycles. The van der Waals surface area contributed by atoms with Gasteiger partial charge >= 0.3 is 0 Å². The molecule has 0 aromatic heterocycles. The van der Waals surface area contributed by atoms with E-state index in [1.165, 1.54) is 9.80 Å². The normalized spacial score (nSPS) is 30.8. The zero-order chi connectivity index (χ0) is 18.6. The van der Waals surface area contributed by atoms with E-state index < -0.39 is 23.3 Å². The number of hydrogen-bond acceptors (Lipinski definition) is 8. The Morgan fingerprint density at radius 1 is 0.885 bits per heavy atom. The lowest BCUT2D eigenvalue weighted by atomic mass is 9.90. The fourth-order valence-corrected chi connectivity index (χ4v) is 3.63. The summed E-state index contributed by atoms with van der Waals surface area (Å²) in [6.45, 7) is 0.0215. The Bertz CT molecular complexity index is 560. The van der Waals surface area contributed by atoms with Crippen LogP contribution in [0.5, 0.6) is 0 Å². The average Bonchev–Trinajstić information content (AvgIpc) is 2.68. The van der Waals surface area contributed by atoms with E-state index in [0.717, 1.165) is 0 Å². The molecule has 2 spiro atoms. The van der Waals surface area contributed by atoms with Gasteiger partial charge in [-0.15, -0.1) is 0 Å². The van der Waals surface area contributed by atoms with Crippen LogP contribution in [0.15, 0.2) is 10.3 Å². The maximum absolute atomic E-state index is 13.5. The number of carbonyl (C=O) groups is 2. The van der Waals surface area contributed by atoms with Crippen molar-refractivity contribution in [3.05, 3.63) is 0 Å². The molecule has 3 aliphatic rings. The second kappa shape index (κ2) is 7.58. The number of oxime groups is 2. The fraction of sp³-hybridized carbons (Fsp3) is 0.750. The van der Waals surface area contributed by atoms with Crippen LogP contribution in [0.4, 0.5) is 0 Å². The summed E-state index contributed by atoms with van der Waals surface area (Å²) >= 11 is 0. The molecule has 0 aromatic rings. The van der Waals surface area contributed by atoms with Crippen molar-refractivity contribution in [2.75, 3.05) is 26.3 Å². The van der Waals surface area contributed by atoms with Crippen molar-refractivity contribution in [2.45, 2.75) is 50.0 Å². The van der Waals surface area contributed by atoms with E-state index in [0.29, 0.717) is 25.7 Å². The Morgan fingerprint density at radius 3 is 1.62 bits per heavy atom. The Kier molecular flexibility index (Phi) is 5.42. The average molecular weight is 368 g/mol. The second-order valence-electron chi connectivity index (χ2n) is 6.47. The molecule has 1 saturated heterocycles. The quantitative estimate of drug-likeness (QED) is 0.646. The van der Waals surface area contributed by atoms with E-state index in [1.54, 1.807) is 12.4 Å². The smallest absolute Gasteiger partial charge is 0.294 e. The predicted octanol–water partition coefficient (Wildman–Crippen LogP) is -0.593. The number of amides is 2. The number of hydrogen-bond donors (Lipinski definition) is 2. The van der Waals surface area contributed by atoms with E-state index in [1.807, 2.05) is 0 Å². The molecule has 1 fully saturated rings. The van der Waals surface area contributed by atoms with E-state index in [9.17, 15) is 19.8 Å². The van der Waals surface area contributed by atoms with Crippen molar-refractivity contribution in [2.24, 2.45) is 10.3 Å². The van der Waals surface area contributed by atoms with E-state index in [2.05, 4.69) is 10.3 Å². The first-order valence-electron chi connectivity index (χ1n) is 8.88. The Morgan fingerprint density at radius 2 is 1.31 bits per heavy atom. The summed E-state index contributed by atoms with van der Waals surface area (Å²) in [6.07, 6.45) is 5.19. The van der Waals surface area contributed by atoms with Gasteiger partial charge in [0, 0.05) is 51.6 Å². The third-order valence-electron chi connectivity index (χ3n) is 4.89. The van der Waals surface area contributed by atoms with Crippen LogP contribution in [0.25, 0.3) is 0 Å². The van der Waals surface area contributed by atoms with Crippen molar-refractivity contribution >= 4 is 24.2 Å². The highest BCUT2D eigenvalue weighted by Gasteiger charge is 2.67. The molecule has 2 N–H and O–H groups in total. The largest absolute Gasteiger partial charge is 0.396 e. The molecule has 10 nitrogen and oxygen atoms in total. The molecule has 0 bridgehead atoms. The first-order valence-corrected chi connectivity index (χ1v) is 8.88. The molecule has 3 aliphatic heterocycles. The van der Waals surface area contributed by atoms with Gasteiger partial charge in [-0.3, -0.25) is 19.4 Å². The predicted molar refractivity (Wildman–Crippen MR) is 89.9 cm³/mol. The summed E-state index contributed by atoms with van der Waals surface area (Å²) in [4.78, 5) is 40.6. The molecular weight excluding hydrogens is 344 g/mol. The summed E-state index contributed by atoms with van der Waals surface area (Å²) in [5, 5.41) is 26.0. The lowest BCUT2D eigenvalue weighted by molar-refractivity contribution is -0.257. The molecule has 3 rings (SSSR count). The minimum Gasteiger partial charge on any atom is -0.396 e. The van der Waals surface area contributed by atoms with Crippen LogP contribution >= 0.6 is 0 Å². The van der Waals surface area contributed by atoms with Crippen molar-refractivity contribution < 1.29 is 29.5 Å². The number of carbonyl (C=O) groups excluding carboxylic acids is 2. The van der Waals surface area contributed by atoms with Gasteiger partial charge in [-0.05, 0) is 25.7 Å². The number of aliphatic hydroxyl groups excluding tert-OH is 2. The summed E-state index contributed by atoms with van der Waals surface area (Å²) in [5.74, 6) is -0.866. The molecule has 0 aromatic carbocycles. The van der Waals surface area contributed by atoms with Gasteiger partial charge in [-0.2, -0.15) is 0 Å². The molecule has 2 atom stereocenters. The minimum absolute atomic E-state index is 0.127. The standard InChI is InChI=1S/C16H24N4O6/c21-11-3-9-19-14(24)16(6-2-8-18-26-16)20(10-4-12-22)13(23)15(19)5-1-7-17-25-15/h7-8,21-22H,1-6,9-12H2. The van der Waals surface area contributed by atoms with E-state index >= 15 is 0 Å². The van der Waals surface area contributed by atoms with Crippen molar-refractivity contribution in [3.63, 3.8) is 0 Å². The third-order valence-corrected chi connectivity index (χ3v) is 4.89. The highest BCUT2D eigenvalue weighted by molar-refractivity contribution is 6.01. The van der Waals surface area contributed by atoms with Crippen LogP contribution in [0.2, 0.25) is 0 Å². The minimum atomic E-state index is -1.55. The SMILES string of the molecule is O=C1N(CCCO)C2(CCC=NO2)C(=O)N(CCCO)C12CCC=NO2. The summed E-state index contributed by atoms with van der Waals surface area (Å²) in [5.41, 5.74) is -3.10. The van der Waals surface area contributed by atoms with E-state index in [4.69, 9.17) is 9.68 Å². The highest BCUT2D eigenvalue weighted by atomic mass is 16.7.